The lowest BCUT2D eigenvalue weighted by Crippen LogP contribution is -2.50. The molecule has 0 aliphatic carbocycles. The molecule has 0 aromatic heterocycles. The molecule has 0 atom stereocenters. The summed E-state index contributed by atoms with van der Waals surface area (Å²) in [7, 11) is 4.59. The van der Waals surface area contributed by atoms with Crippen LogP contribution in [0.5, 0.6) is 17.2 Å². The van der Waals surface area contributed by atoms with E-state index in [0.717, 1.165) is 0 Å². The van der Waals surface area contributed by atoms with Gasteiger partial charge in [0.15, 0.2) is 0 Å². The molecule has 28 heavy (non-hydrogen) atoms. The van der Waals surface area contributed by atoms with Gasteiger partial charge in [-0.2, -0.15) is 0 Å². The van der Waals surface area contributed by atoms with E-state index in [1.807, 2.05) is 12.1 Å². The summed E-state index contributed by atoms with van der Waals surface area (Å²) in [4.78, 5) is 29.3. The van der Waals surface area contributed by atoms with Gasteiger partial charge in [-0.25, -0.2) is 0 Å². The van der Waals surface area contributed by atoms with Crippen molar-refractivity contribution in [2.75, 3.05) is 47.5 Å². The molecule has 3 rings (SSSR count). The van der Waals surface area contributed by atoms with E-state index >= 15 is 0 Å². The van der Waals surface area contributed by atoms with Crippen LogP contribution in [0.3, 0.4) is 0 Å². The summed E-state index contributed by atoms with van der Waals surface area (Å²) in [5.41, 5.74) is 0.924. The van der Waals surface area contributed by atoms with Crippen LogP contribution in [-0.4, -0.2) is 69.1 Å². The Morgan fingerprint density at radius 3 is 1.68 bits per heavy atom. The van der Waals surface area contributed by atoms with Crippen molar-refractivity contribution in [1.29, 1.82) is 0 Å². The molecule has 0 unspecified atom stereocenters. The van der Waals surface area contributed by atoms with Gasteiger partial charge in [0.1, 0.15) is 22.8 Å². The van der Waals surface area contributed by atoms with E-state index in [2.05, 4.69) is 0 Å². The standard InChI is InChI=1S/C21H24N2O5/c1-26-16-8-5-4-7-15(16)20(24)22-11-13-23(14-12-22)21(25)19-17(27-2)9-6-10-18(19)28-3/h4-10H,11-14H2,1-3H3. The molecule has 2 aromatic rings. The first kappa shape index (κ1) is 19.5. The number of para-hydroxylation sites is 1. The van der Waals surface area contributed by atoms with Crippen molar-refractivity contribution in [3.63, 3.8) is 0 Å². The average Bonchev–Trinajstić information content (AvgIpc) is 2.77. The summed E-state index contributed by atoms with van der Waals surface area (Å²) >= 11 is 0. The summed E-state index contributed by atoms with van der Waals surface area (Å²) in [6.07, 6.45) is 0. The molecule has 0 saturated carbocycles. The predicted molar refractivity (Wildman–Crippen MR) is 104 cm³/mol. The third kappa shape index (κ3) is 3.74. The van der Waals surface area contributed by atoms with Gasteiger partial charge in [-0.05, 0) is 24.3 Å². The maximum Gasteiger partial charge on any atom is 0.261 e. The van der Waals surface area contributed by atoms with Crippen molar-refractivity contribution in [2.45, 2.75) is 0 Å². The molecule has 0 bridgehead atoms. The molecule has 0 N–H and O–H groups in total. The van der Waals surface area contributed by atoms with E-state index in [4.69, 9.17) is 14.2 Å². The summed E-state index contributed by atoms with van der Waals surface area (Å²) < 4.78 is 16.0. The minimum atomic E-state index is -0.168. The Balaban J connectivity index is 1.72. The number of benzene rings is 2. The van der Waals surface area contributed by atoms with Crippen LogP contribution in [0, 0.1) is 0 Å². The number of rotatable bonds is 5. The van der Waals surface area contributed by atoms with Crippen molar-refractivity contribution in [3.8, 4) is 17.2 Å². The van der Waals surface area contributed by atoms with Gasteiger partial charge in [-0.3, -0.25) is 9.59 Å². The largest absolute Gasteiger partial charge is 0.496 e. The van der Waals surface area contributed by atoms with Crippen molar-refractivity contribution < 1.29 is 23.8 Å². The summed E-state index contributed by atoms with van der Waals surface area (Å²) in [5, 5.41) is 0. The highest BCUT2D eigenvalue weighted by Crippen LogP contribution is 2.30. The Kier molecular flexibility index (Phi) is 6.03. The van der Waals surface area contributed by atoms with Gasteiger partial charge < -0.3 is 24.0 Å². The zero-order valence-electron chi connectivity index (χ0n) is 16.3. The van der Waals surface area contributed by atoms with Gasteiger partial charge in [0.2, 0.25) is 0 Å². The summed E-state index contributed by atoms with van der Waals surface area (Å²) in [6, 6.07) is 12.4. The zero-order chi connectivity index (χ0) is 20.1. The molecule has 2 aromatic carbocycles. The molecule has 0 spiro atoms. The zero-order valence-corrected chi connectivity index (χ0v) is 16.3. The van der Waals surface area contributed by atoms with Crippen molar-refractivity contribution in [2.24, 2.45) is 0 Å². The Hall–Kier alpha value is -3.22. The quantitative estimate of drug-likeness (QED) is 0.791. The molecule has 148 valence electrons. The average molecular weight is 384 g/mol. The third-order valence-corrected chi connectivity index (χ3v) is 4.83. The highest BCUT2D eigenvalue weighted by atomic mass is 16.5. The number of hydrogen-bond acceptors (Lipinski definition) is 5. The van der Waals surface area contributed by atoms with E-state index in [1.165, 1.54) is 14.2 Å². The maximum atomic E-state index is 13.0. The summed E-state index contributed by atoms with van der Waals surface area (Å²) in [6.45, 7) is 1.75. The SMILES string of the molecule is COc1ccccc1C(=O)N1CCN(C(=O)c2c(OC)cccc2OC)CC1. The van der Waals surface area contributed by atoms with Gasteiger partial charge in [0, 0.05) is 26.2 Å². The molecule has 1 saturated heterocycles. The molecule has 1 heterocycles. The first-order valence-electron chi connectivity index (χ1n) is 9.03. The Labute approximate surface area is 164 Å². The number of nitrogens with zero attached hydrogens (tertiary/aromatic N) is 2. The van der Waals surface area contributed by atoms with Crippen LogP contribution >= 0.6 is 0 Å². The number of amides is 2. The molecule has 7 heteroatoms. The Bertz CT molecular complexity index is 837. The Morgan fingerprint density at radius 2 is 1.14 bits per heavy atom. The van der Waals surface area contributed by atoms with E-state index in [1.54, 1.807) is 47.2 Å². The third-order valence-electron chi connectivity index (χ3n) is 4.83. The topological polar surface area (TPSA) is 68.3 Å². The number of ether oxygens (including phenoxy) is 3. The van der Waals surface area contributed by atoms with Gasteiger partial charge in [0.25, 0.3) is 11.8 Å². The molecule has 0 radical (unpaired) electrons. The fourth-order valence-electron chi connectivity index (χ4n) is 3.32. The number of methoxy groups -OCH3 is 3. The minimum Gasteiger partial charge on any atom is -0.496 e. The normalized spacial score (nSPS) is 13.8. The van der Waals surface area contributed by atoms with E-state index in [9.17, 15) is 9.59 Å². The summed E-state index contributed by atoms with van der Waals surface area (Å²) in [5.74, 6) is 1.22. The lowest BCUT2D eigenvalue weighted by molar-refractivity contribution is 0.0530. The monoisotopic (exact) mass is 384 g/mol. The van der Waals surface area contributed by atoms with Gasteiger partial charge in [0.05, 0.1) is 26.9 Å². The fourth-order valence-corrected chi connectivity index (χ4v) is 3.32. The lowest BCUT2D eigenvalue weighted by atomic mass is 10.1. The maximum absolute atomic E-state index is 13.0. The van der Waals surface area contributed by atoms with Crippen LogP contribution in [0.4, 0.5) is 0 Å². The van der Waals surface area contributed by atoms with Crippen molar-refractivity contribution in [1.82, 2.24) is 9.80 Å². The highest BCUT2D eigenvalue weighted by molar-refractivity contribution is 6.00. The van der Waals surface area contributed by atoms with E-state index in [-0.39, 0.29) is 11.8 Å². The first-order chi connectivity index (χ1) is 13.6. The van der Waals surface area contributed by atoms with Crippen LogP contribution in [-0.2, 0) is 0 Å². The number of carbonyl (C=O) groups excluding carboxylic acids is 2. The van der Waals surface area contributed by atoms with Gasteiger partial charge in [-0.1, -0.05) is 18.2 Å². The van der Waals surface area contributed by atoms with Crippen molar-refractivity contribution >= 4 is 11.8 Å². The van der Waals surface area contributed by atoms with Crippen LogP contribution in [0.1, 0.15) is 20.7 Å². The molecular weight excluding hydrogens is 360 g/mol. The van der Waals surface area contributed by atoms with Crippen LogP contribution in [0.2, 0.25) is 0 Å². The highest BCUT2D eigenvalue weighted by Gasteiger charge is 2.29. The fraction of sp³-hybridized carbons (Fsp3) is 0.333. The predicted octanol–water partition coefficient (Wildman–Crippen LogP) is 2.31. The number of carbonyl (C=O) groups is 2. The molecule has 7 nitrogen and oxygen atoms in total. The number of piperazine rings is 1. The van der Waals surface area contributed by atoms with Crippen LogP contribution < -0.4 is 14.2 Å². The van der Waals surface area contributed by atoms with Gasteiger partial charge >= 0.3 is 0 Å². The number of hydrogen-bond donors (Lipinski definition) is 0. The molecular formula is C21H24N2O5. The first-order valence-corrected chi connectivity index (χ1v) is 9.03. The lowest BCUT2D eigenvalue weighted by Gasteiger charge is -2.35. The minimum absolute atomic E-state index is 0.0978. The second kappa shape index (κ2) is 8.65. The molecule has 1 aliphatic heterocycles. The van der Waals surface area contributed by atoms with E-state index in [0.29, 0.717) is 54.6 Å². The second-order valence-corrected chi connectivity index (χ2v) is 6.32. The molecule has 2 amide bonds. The van der Waals surface area contributed by atoms with Crippen molar-refractivity contribution in [3.05, 3.63) is 53.6 Å². The van der Waals surface area contributed by atoms with Crippen LogP contribution in [0.25, 0.3) is 0 Å². The smallest absolute Gasteiger partial charge is 0.261 e. The van der Waals surface area contributed by atoms with Crippen LogP contribution in [0.15, 0.2) is 42.5 Å². The molecule has 1 fully saturated rings. The Morgan fingerprint density at radius 1 is 0.679 bits per heavy atom. The van der Waals surface area contributed by atoms with E-state index < -0.39 is 0 Å². The molecule has 1 aliphatic rings. The second-order valence-electron chi connectivity index (χ2n) is 6.32. The van der Waals surface area contributed by atoms with Gasteiger partial charge in [-0.15, -0.1) is 0 Å².